The smallest absolute Gasteiger partial charge is 0.0956 e. The molecular weight excluding hydrogens is 212 g/mol. The second kappa shape index (κ2) is 3.20. The number of aliphatic hydroxyl groups excluding tert-OH is 1. The predicted octanol–water partition coefficient (Wildman–Crippen LogP) is 2.22. The fourth-order valence-electron chi connectivity index (χ4n) is 3.19. The van der Waals surface area contributed by atoms with Crippen LogP contribution in [0.25, 0.3) is 11.3 Å². The fraction of sp³-hybridized carbons (Fsp3) is 0.357. The summed E-state index contributed by atoms with van der Waals surface area (Å²) in [5.74, 6) is 0.353. The largest absolute Gasteiger partial charge is 0.393 e. The van der Waals surface area contributed by atoms with Crippen LogP contribution in [0.3, 0.4) is 0 Å². The van der Waals surface area contributed by atoms with Gasteiger partial charge in [0.1, 0.15) is 0 Å². The van der Waals surface area contributed by atoms with Crippen molar-refractivity contribution < 1.29 is 5.11 Å². The number of aromatic nitrogens is 2. The topological polar surface area (TPSA) is 38.1 Å². The first-order valence-corrected chi connectivity index (χ1v) is 6.15. The van der Waals surface area contributed by atoms with Gasteiger partial charge in [-0.2, -0.15) is 0 Å². The van der Waals surface area contributed by atoms with Gasteiger partial charge in [-0.1, -0.05) is 24.3 Å². The van der Waals surface area contributed by atoms with Crippen molar-refractivity contribution >= 4 is 0 Å². The van der Waals surface area contributed by atoms with Gasteiger partial charge in [-0.05, 0) is 18.4 Å². The Kier molecular flexibility index (Phi) is 1.77. The summed E-state index contributed by atoms with van der Waals surface area (Å²) >= 11 is 0. The highest BCUT2D eigenvalue weighted by molar-refractivity contribution is 5.69. The van der Waals surface area contributed by atoms with Gasteiger partial charge in [0.05, 0.1) is 30.4 Å². The third-order valence-electron chi connectivity index (χ3n) is 4.22. The van der Waals surface area contributed by atoms with Crippen LogP contribution in [0.5, 0.6) is 0 Å². The van der Waals surface area contributed by atoms with Gasteiger partial charge in [-0.3, -0.25) is 0 Å². The molecule has 86 valence electrons. The lowest BCUT2D eigenvalue weighted by atomic mass is 9.74. The molecule has 3 heteroatoms. The van der Waals surface area contributed by atoms with E-state index in [-0.39, 0.29) is 12.1 Å². The maximum Gasteiger partial charge on any atom is 0.0956 e. The average molecular weight is 226 g/mol. The Morgan fingerprint density at radius 1 is 1.24 bits per heavy atom. The third kappa shape index (κ3) is 1.12. The third-order valence-corrected chi connectivity index (χ3v) is 4.22. The monoisotopic (exact) mass is 226 g/mol. The normalized spacial score (nSPS) is 29.6. The quantitative estimate of drug-likeness (QED) is 0.809. The summed E-state index contributed by atoms with van der Waals surface area (Å²) in [6.45, 7) is 0. The Bertz CT molecular complexity index is 575. The van der Waals surface area contributed by atoms with Gasteiger partial charge in [0.2, 0.25) is 0 Å². The molecule has 0 saturated heterocycles. The molecule has 0 spiro atoms. The van der Waals surface area contributed by atoms with Crippen molar-refractivity contribution in [3.05, 3.63) is 42.4 Å². The molecule has 0 amide bonds. The van der Waals surface area contributed by atoms with E-state index in [1.807, 2.05) is 12.5 Å². The van der Waals surface area contributed by atoms with E-state index in [1.54, 1.807) is 0 Å². The molecule has 1 fully saturated rings. The molecule has 3 nitrogen and oxygen atoms in total. The summed E-state index contributed by atoms with van der Waals surface area (Å²) in [5.41, 5.74) is 3.80. The summed E-state index contributed by atoms with van der Waals surface area (Å²) in [5, 5.41) is 9.92. The van der Waals surface area contributed by atoms with Crippen molar-refractivity contribution in [1.29, 1.82) is 0 Å². The zero-order chi connectivity index (χ0) is 11.4. The molecule has 0 unspecified atom stereocenters. The van der Waals surface area contributed by atoms with Crippen LogP contribution in [-0.4, -0.2) is 20.8 Å². The molecule has 1 aliphatic heterocycles. The van der Waals surface area contributed by atoms with Crippen LogP contribution < -0.4 is 0 Å². The summed E-state index contributed by atoms with van der Waals surface area (Å²) in [4.78, 5) is 4.24. The van der Waals surface area contributed by atoms with Crippen molar-refractivity contribution in [1.82, 2.24) is 9.55 Å². The SMILES string of the molecule is O[C@@H]1CC[C@@H]1[C@@H]1c2ccccc2-c2cncn21. The van der Waals surface area contributed by atoms with Gasteiger partial charge in [0.25, 0.3) is 0 Å². The number of aliphatic hydroxyl groups is 1. The maximum atomic E-state index is 9.92. The van der Waals surface area contributed by atoms with Crippen molar-refractivity contribution in [3.8, 4) is 11.3 Å². The van der Waals surface area contributed by atoms with Crippen LogP contribution in [0.1, 0.15) is 24.4 Å². The molecule has 1 N–H and O–H groups in total. The highest BCUT2D eigenvalue weighted by Crippen LogP contribution is 2.48. The molecule has 4 rings (SSSR count). The van der Waals surface area contributed by atoms with Crippen molar-refractivity contribution in [2.75, 3.05) is 0 Å². The molecule has 2 heterocycles. The van der Waals surface area contributed by atoms with E-state index < -0.39 is 0 Å². The van der Waals surface area contributed by atoms with E-state index in [4.69, 9.17) is 0 Å². The first kappa shape index (κ1) is 9.42. The molecule has 3 atom stereocenters. The number of benzene rings is 1. The van der Waals surface area contributed by atoms with Crippen molar-refractivity contribution in [3.63, 3.8) is 0 Å². The number of hydrogen-bond donors (Lipinski definition) is 1. The highest BCUT2D eigenvalue weighted by Gasteiger charge is 2.41. The van der Waals surface area contributed by atoms with Gasteiger partial charge in [-0.15, -0.1) is 0 Å². The first-order valence-electron chi connectivity index (χ1n) is 6.15. The molecule has 0 radical (unpaired) electrons. The lowest BCUT2D eigenvalue weighted by molar-refractivity contribution is 0.00415. The Labute approximate surface area is 99.7 Å². The molecule has 1 saturated carbocycles. The van der Waals surface area contributed by atoms with Gasteiger partial charge in [0, 0.05) is 11.5 Å². The maximum absolute atomic E-state index is 9.92. The zero-order valence-electron chi connectivity index (χ0n) is 9.45. The minimum absolute atomic E-state index is 0.151. The number of hydrogen-bond acceptors (Lipinski definition) is 2. The lowest BCUT2D eigenvalue weighted by Crippen LogP contribution is -2.37. The molecule has 1 aromatic heterocycles. The van der Waals surface area contributed by atoms with Crippen LogP contribution >= 0.6 is 0 Å². The van der Waals surface area contributed by atoms with E-state index in [9.17, 15) is 5.11 Å². The van der Waals surface area contributed by atoms with Crippen LogP contribution in [0, 0.1) is 5.92 Å². The van der Waals surface area contributed by atoms with Gasteiger partial charge < -0.3 is 9.67 Å². The molecule has 0 bridgehead atoms. The van der Waals surface area contributed by atoms with Crippen molar-refractivity contribution in [2.24, 2.45) is 5.92 Å². The molecule has 1 aliphatic carbocycles. The number of rotatable bonds is 1. The minimum atomic E-state index is -0.151. The van der Waals surface area contributed by atoms with Gasteiger partial charge >= 0.3 is 0 Å². The molecule has 1 aromatic carbocycles. The second-order valence-corrected chi connectivity index (χ2v) is 5.03. The number of imidazole rings is 1. The second-order valence-electron chi connectivity index (χ2n) is 5.03. The van der Waals surface area contributed by atoms with Gasteiger partial charge in [0.15, 0.2) is 0 Å². The van der Waals surface area contributed by atoms with Crippen LogP contribution in [0.15, 0.2) is 36.8 Å². The standard InChI is InChI=1S/C14H14N2O/c17-13-6-5-11(13)14-10-4-2-1-3-9(10)12-7-15-8-16(12)14/h1-4,7-8,11,13-14,17H,5-6H2/t11-,13+,14-/m0/s1. The highest BCUT2D eigenvalue weighted by atomic mass is 16.3. The molecule has 2 aromatic rings. The fourth-order valence-corrected chi connectivity index (χ4v) is 3.19. The minimum Gasteiger partial charge on any atom is -0.393 e. The molecule has 17 heavy (non-hydrogen) atoms. The summed E-state index contributed by atoms with van der Waals surface area (Å²) in [6, 6.07) is 8.76. The van der Waals surface area contributed by atoms with Crippen LogP contribution in [-0.2, 0) is 0 Å². The van der Waals surface area contributed by atoms with Gasteiger partial charge in [-0.25, -0.2) is 4.98 Å². The lowest BCUT2D eigenvalue weighted by Gasteiger charge is -2.38. The average Bonchev–Trinajstić information content (AvgIpc) is 2.91. The van der Waals surface area contributed by atoms with E-state index in [0.29, 0.717) is 5.92 Å². The first-order chi connectivity index (χ1) is 8.36. The molecular formula is C14H14N2O. The Balaban J connectivity index is 1.90. The van der Waals surface area contributed by atoms with Crippen LogP contribution in [0.4, 0.5) is 0 Å². The predicted molar refractivity (Wildman–Crippen MR) is 64.5 cm³/mol. The Hall–Kier alpha value is -1.61. The summed E-state index contributed by atoms with van der Waals surface area (Å²) in [6.07, 6.45) is 5.71. The Morgan fingerprint density at radius 3 is 2.88 bits per heavy atom. The molecule has 2 aliphatic rings. The number of fused-ring (bicyclic) bond motifs is 3. The van der Waals surface area contributed by atoms with E-state index in [1.165, 1.54) is 16.8 Å². The summed E-state index contributed by atoms with van der Waals surface area (Å²) < 4.78 is 2.22. The van der Waals surface area contributed by atoms with Crippen molar-refractivity contribution in [2.45, 2.75) is 25.0 Å². The summed E-state index contributed by atoms with van der Waals surface area (Å²) in [7, 11) is 0. The number of nitrogens with zero attached hydrogens (tertiary/aromatic N) is 2. The van der Waals surface area contributed by atoms with E-state index in [0.717, 1.165) is 12.8 Å². The van der Waals surface area contributed by atoms with E-state index >= 15 is 0 Å². The zero-order valence-corrected chi connectivity index (χ0v) is 9.45. The van der Waals surface area contributed by atoms with E-state index in [2.05, 4.69) is 33.8 Å². The Morgan fingerprint density at radius 2 is 2.12 bits per heavy atom. The van der Waals surface area contributed by atoms with Crippen LogP contribution in [0.2, 0.25) is 0 Å².